The minimum absolute atomic E-state index is 0.0382. The predicted molar refractivity (Wildman–Crippen MR) is 124 cm³/mol. The summed E-state index contributed by atoms with van der Waals surface area (Å²) in [5.41, 5.74) is 2.26. The number of alkyl halides is 1. The number of aliphatic hydroxyl groups excluding tert-OH is 1. The van der Waals surface area contributed by atoms with Gasteiger partial charge in [0.15, 0.2) is 11.9 Å². The summed E-state index contributed by atoms with van der Waals surface area (Å²) in [6.07, 6.45) is -3.20. The molecule has 0 saturated carbocycles. The van der Waals surface area contributed by atoms with E-state index in [9.17, 15) is 19.3 Å². The molecule has 0 amide bonds. The van der Waals surface area contributed by atoms with Crippen LogP contribution in [0.4, 0.5) is 10.2 Å². The predicted octanol–water partition coefficient (Wildman–Crippen LogP) is 1.51. The van der Waals surface area contributed by atoms with E-state index >= 15 is 4.39 Å². The summed E-state index contributed by atoms with van der Waals surface area (Å²) in [4.78, 5) is 27.4. The van der Waals surface area contributed by atoms with E-state index in [1.807, 2.05) is 6.07 Å². The van der Waals surface area contributed by atoms with Crippen molar-refractivity contribution in [3.8, 4) is 0 Å². The number of nitrogens with one attached hydrogen (secondary N) is 1. The molecular formula is C20H27FN4O6P2. The zero-order valence-corrected chi connectivity index (χ0v) is 20.2. The van der Waals surface area contributed by atoms with Gasteiger partial charge in [0.05, 0.1) is 12.6 Å². The molecule has 2 heterocycles. The molecule has 180 valence electrons. The average molecular weight is 500 g/mol. The standard InChI is InChI=1S/C20H27FN4O6P2/c1-12(13(2)26)24-33(29,32-14-7-5-4-6-8-14)30-11-15-17(27)20(3,21)18(31-15)25-10-9-16(22)23-19(25)28/h4-10,12,15,17-18,27,32H,11H2,1-3H3,(H,24,29)(H2,22,23,28)/t12-,15+,17+,18+,20+,33?/m0/s1. The largest absolute Gasteiger partial charge is 0.387 e. The van der Waals surface area contributed by atoms with Gasteiger partial charge in [-0.25, -0.2) is 14.3 Å². The highest BCUT2D eigenvalue weighted by Gasteiger charge is 2.55. The highest BCUT2D eigenvalue weighted by atomic mass is 32.1. The van der Waals surface area contributed by atoms with Crippen molar-refractivity contribution in [2.45, 2.75) is 50.9 Å². The topological polar surface area (TPSA) is 146 Å². The lowest BCUT2D eigenvalue weighted by atomic mass is 9.98. The summed E-state index contributed by atoms with van der Waals surface area (Å²) >= 11 is 0. The molecule has 1 aromatic heterocycles. The normalized spacial score (nSPS) is 28.1. The molecule has 10 nitrogen and oxygen atoms in total. The van der Waals surface area contributed by atoms with Crippen LogP contribution in [0.2, 0.25) is 0 Å². The van der Waals surface area contributed by atoms with Crippen molar-refractivity contribution < 1.29 is 28.1 Å². The van der Waals surface area contributed by atoms with Crippen LogP contribution < -0.4 is 21.8 Å². The van der Waals surface area contributed by atoms with Crippen molar-refractivity contribution in [1.29, 1.82) is 0 Å². The lowest BCUT2D eigenvalue weighted by Gasteiger charge is -2.25. The van der Waals surface area contributed by atoms with Crippen molar-refractivity contribution >= 4 is 32.4 Å². The number of nitrogen functional groups attached to an aromatic ring is 1. The Balaban J connectivity index is 1.80. The Morgan fingerprint density at radius 3 is 2.73 bits per heavy atom. The molecule has 2 aromatic rings. The summed E-state index contributed by atoms with van der Waals surface area (Å²) < 4.78 is 41.1. The molecule has 4 N–H and O–H groups in total. The Hall–Kier alpha value is -2.00. The number of anilines is 1. The van der Waals surface area contributed by atoms with E-state index in [0.717, 1.165) is 16.8 Å². The second kappa shape index (κ2) is 10.1. The van der Waals surface area contributed by atoms with Gasteiger partial charge in [-0.3, -0.25) is 13.9 Å². The fraction of sp³-hybridized carbons (Fsp3) is 0.450. The number of rotatable bonds is 9. The second-order valence-electron chi connectivity index (χ2n) is 7.95. The fourth-order valence-electron chi connectivity index (χ4n) is 3.26. The molecule has 0 aliphatic carbocycles. The number of nitrogens with zero attached hydrogens (tertiary/aromatic N) is 2. The van der Waals surface area contributed by atoms with Gasteiger partial charge in [0, 0.05) is 14.5 Å². The molecule has 7 atom stereocenters. The molecule has 0 bridgehead atoms. The van der Waals surface area contributed by atoms with Crippen LogP contribution in [0.15, 0.2) is 47.4 Å². The molecule has 1 aliphatic heterocycles. The number of Topliss-reactive ketones (excluding diaryl/α,β-unsaturated/α-hetero) is 1. The second-order valence-corrected chi connectivity index (χ2v) is 12.8. The van der Waals surface area contributed by atoms with Gasteiger partial charge in [-0.2, -0.15) is 4.98 Å². The van der Waals surface area contributed by atoms with Crippen molar-refractivity contribution in [2.75, 3.05) is 12.3 Å². The third-order valence-electron chi connectivity index (χ3n) is 5.27. The Bertz CT molecular complexity index is 1100. The zero-order valence-electron chi connectivity index (χ0n) is 18.3. The lowest BCUT2D eigenvalue weighted by molar-refractivity contribution is -0.118. The molecule has 1 saturated heterocycles. The number of benzene rings is 1. The highest BCUT2D eigenvalue weighted by molar-refractivity contribution is 8.24. The third kappa shape index (κ3) is 5.93. The van der Waals surface area contributed by atoms with Crippen LogP contribution in [0.5, 0.6) is 0 Å². The summed E-state index contributed by atoms with van der Waals surface area (Å²) in [5, 5.41) is 14.0. The number of ketones is 1. The smallest absolute Gasteiger partial charge is 0.351 e. The van der Waals surface area contributed by atoms with E-state index < -0.39 is 49.7 Å². The van der Waals surface area contributed by atoms with Gasteiger partial charge in [0.25, 0.3) is 7.21 Å². The van der Waals surface area contributed by atoms with E-state index in [2.05, 4.69) is 10.1 Å². The van der Waals surface area contributed by atoms with Crippen molar-refractivity contribution in [2.24, 2.45) is 0 Å². The number of carbonyl (C=O) groups excluding carboxylic acids is 1. The first-order valence-electron chi connectivity index (χ1n) is 10.2. The van der Waals surface area contributed by atoms with E-state index in [0.29, 0.717) is 0 Å². The lowest BCUT2D eigenvalue weighted by Crippen LogP contribution is -2.43. The fourth-order valence-corrected chi connectivity index (χ4v) is 7.86. The number of aromatic nitrogens is 2. The number of ether oxygens (including phenoxy) is 1. The summed E-state index contributed by atoms with van der Waals surface area (Å²) in [7, 11) is -3.98. The van der Waals surface area contributed by atoms with Crippen LogP contribution in [0.1, 0.15) is 27.0 Å². The maximum Gasteiger partial charge on any atom is 0.351 e. The van der Waals surface area contributed by atoms with Crippen molar-refractivity contribution in [3.63, 3.8) is 0 Å². The summed E-state index contributed by atoms with van der Waals surface area (Å²) in [5.74, 6) is -0.274. The van der Waals surface area contributed by atoms with Crippen LogP contribution in [0, 0.1) is 0 Å². The monoisotopic (exact) mass is 500 g/mol. The maximum absolute atomic E-state index is 15.4. The third-order valence-corrected chi connectivity index (χ3v) is 9.82. The van der Waals surface area contributed by atoms with E-state index in [1.54, 1.807) is 31.2 Å². The molecule has 0 radical (unpaired) electrons. The molecule has 33 heavy (non-hydrogen) atoms. The average Bonchev–Trinajstić information content (AvgIpc) is 2.96. The molecule has 3 rings (SSSR count). The van der Waals surface area contributed by atoms with Crippen molar-refractivity contribution in [3.05, 3.63) is 53.1 Å². The molecule has 1 aromatic carbocycles. The SMILES string of the molecule is CC(=O)[C@H](C)NP(=O)(OC[C@H]1O[C@@H](n2ccc(N)nc2=O)[C@](C)(F)[C@@H]1O)Pc1ccccc1. The van der Waals surface area contributed by atoms with E-state index in [-0.39, 0.29) is 19.9 Å². The van der Waals surface area contributed by atoms with Gasteiger partial charge in [-0.1, -0.05) is 30.3 Å². The van der Waals surface area contributed by atoms with Crippen molar-refractivity contribution in [1.82, 2.24) is 14.6 Å². The first-order valence-corrected chi connectivity index (χ1v) is 13.6. The number of aliphatic hydroxyl groups is 1. The van der Waals surface area contributed by atoms with Crippen LogP contribution >= 0.6 is 15.5 Å². The van der Waals surface area contributed by atoms with Crippen LogP contribution in [-0.2, 0) is 18.6 Å². The zero-order chi connectivity index (χ0) is 24.4. The first kappa shape index (κ1) is 25.6. The molecular weight excluding hydrogens is 473 g/mol. The van der Waals surface area contributed by atoms with Crippen LogP contribution in [0.3, 0.4) is 0 Å². The first-order chi connectivity index (χ1) is 15.4. The minimum atomic E-state index is -3.63. The number of hydrogen-bond acceptors (Lipinski definition) is 8. The molecule has 1 fully saturated rings. The Kier molecular flexibility index (Phi) is 7.84. The number of hydrogen-bond donors (Lipinski definition) is 3. The number of halogens is 1. The summed E-state index contributed by atoms with van der Waals surface area (Å²) in [6, 6.07) is 9.46. The molecule has 1 aliphatic rings. The number of carbonyl (C=O) groups is 1. The minimum Gasteiger partial charge on any atom is -0.387 e. The van der Waals surface area contributed by atoms with Crippen LogP contribution in [0.25, 0.3) is 0 Å². The van der Waals surface area contributed by atoms with Gasteiger partial charge in [-0.05, 0) is 32.1 Å². The van der Waals surface area contributed by atoms with Gasteiger partial charge in [-0.15, -0.1) is 0 Å². The Morgan fingerprint density at radius 2 is 2.12 bits per heavy atom. The quantitative estimate of drug-likeness (QED) is 0.436. The van der Waals surface area contributed by atoms with Gasteiger partial charge >= 0.3 is 5.69 Å². The molecule has 0 spiro atoms. The summed E-state index contributed by atoms with van der Waals surface area (Å²) in [6.45, 7) is 3.56. The Labute approximate surface area is 191 Å². The highest BCUT2D eigenvalue weighted by Crippen LogP contribution is 2.61. The van der Waals surface area contributed by atoms with E-state index in [1.165, 1.54) is 19.2 Å². The number of nitrogens with two attached hydrogens (primary N) is 1. The van der Waals surface area contributed by atoms with Crippen LogP contribution in [-0.4, -0.2) is 51.0 Å². The maximum atomic E-state index is 15.4. The Morgan fingerprint density at radius 1 is 1.45 bits per heavy atom. The molecule has 13 heteroatoms. The molecule has 2 unspecified atom stereocenters. The van der Waals surface area contributed by atoms with E-state index in [4.69, 9.17) is 15.0 Å². The van der Waals surface area contributed by atoms with Gasteiger partial charge in [0.2, 0.25) is 0 Å². The van der Waals surface area contributed by atoms with Gasteiger partial charge in [0.1, 0.15) is 23.8 Å². The van der Waals surface area contributed by atoms with Gasteiger partial charge < -0.3 is 20.1 Å².